The largest absolute Gasteiger partial charge is 0.468 e. The molecule has 0 radical (unpaired) electrons. The van der Waals surface area contributed by atoms with Gasteiger partial charge in [0.25, 0.3) is 0 Å². The lowest BCUT2D eigenvalue weighted by atomic mass is 10.1. The van der Waals surface area contributed by atoms with Crippen molar-refractivity contribution in [3.8, 4) is 0 Å². The third kappa shape index (κ3) is 4.99. The lowest BCUT2D eigenvalue weighted by molar-refractivity contribution is 0.0926. The van der Waals surface area contributed by atoms with Crippen molar-refractivity contribution < 1.29 is 13.9 Å². The second kappa shape index (κ2) is 7.96. The highest BCUT2D eigenvalue weighted by molar-refractivity contribution is 5.17. The normalized spacial score (nSPS) is 12.8. The summed E-state index contributed by atoms with van der Waals surface area (Å²) in [7, 11) is 0. The fraction of sp³-hybridized carbons (Fsp3) is 0.412. The van der Waals surface area contributed by atoms with Crippen molar-refractivity contribution in [3.63, 3.8) is 0 Å². The van der Waals surface area contributed by atoms with Crippen LogP contribution in [0.25, 0.3) is 0 Å². The maximum atomic E-state index is 13.8. The standard InChI is InChI=1S/C17H22FNO2/c1-2-6-15(20)12-19(13-16-8-5-10-21-16)11-14-7-3-4-9-17(14)18/h3-5,7-10,15,20H,2,6,11-13H2,1H3/t15-/m0/s1. The Morgan fingerprint density at radius 3 is 2.67 bits per heavy atom. The number of nitrogens with zero attached hydrogens (tertiary/aromatic N) is 1. The first-order valence-corrected chi connectivity index (χ1v) is 7.35. The van der Waals surface area contributed by atoms with Crippen LogP contribution in [-0.2, 0) is 13.1 Å². The molecule has 0 aliphatic carbocycles. The van der Waals surface area contributed by atoms with Gasteiger partial charge in [0.1, 0.15) is 11.6 Å². The van der Waals surface area contributed by atoms with E-state index in [0.717, 1.165) is 18.6 Å². The summed E-state index contributed by atoms with van der Waals surface area (Å²) in [5.74, 6) is 0.599. The number of halogens is 1. The van der Waals surface area contributed by atoms with Crippen molar-refractivity contribution in [1.29, 1.82) is 0 Å². The fourth-order valence-corrected chi connectivity index (χ4v) is 2.40. The van der Waals surface area contributed by atoms with E-state index in [9.17, 15) is 9.50 Å². The van der Waals surface area contributed by atoms with E-state index in [-0.39, 0.29) is 5.82 Å². The minimum absolute atomic E-state index is 0.216. The summed E-state index contributed by atoms with van der Waals surface area (Å²) >= 11 is 0. The third-order valence-corrected chi connectivity index (χ3v) is 3.40. The van der Waals surface area contributed by atoms with E-state index in [1.165, 1.54) is 6.07 Å². The molecule has 1 atom stereocenters. The molecule has 0 aliphatic heterocycles. The maximum absolute atomic E-state index is 13.8. The molecule has 0 amide bonds. The lowest BCUT2D eigenvalue weighted by Crippen LogP contribution is -2.31. The minimum atomic E-state index is -0.406. The molecule has 0 saturated carbocycles. The molecule has 0 fully saturated rings. The van der Waals surface area contributed by atoms with Gasteiger partial charge in [-0.15, -0.1) is 0 Å². The number of aliphatic hydroxyl groups excluding tert-OH is 1. The van der Waals surface area contributed by atoms with Crippen LogP contribution in [-0.4, -0.2) is 22.7 Å². The number of hydrogen-bond donors (Lipinski definition) is 1. The van der Waals surface area contributed by atoms with Crippen molar-refractivity contribution in [3.05, 3.63) is 59.8 Å². The van der Waals surface area contributed by atoms with E-state index in [4.69, 9.17) is 4.42 Å². The lowest BCUT2D eigenvalue weighted by Gasteiger charge is -2.24. The van der Waals surface area contributed by atoms with Crippen molar-refractivity contribution in [2.75, 3.05) is 6.54 Å². The highest BCUT2D eigenvalue weighted by Crippen LogP contribution is 2.14. The van der Waals surface area contributed by atoms with Gasteiger partial charge in [0.15, 0.2) is 0 Å². The van der Waals surface area contributed by atoms with E-state index in [1.807, 2.05) is 30.0 Å². The van der Waals surface area contributed by atoms with Crippen molar-refractivity contribution in [2.24, 2.45) is 0 Å². The van der Waals surface area contributed by atoms with Gasteiger partial charge in [-0.05, 0) is 24.6 Å². The van der Waals surface area contributed by atoms with E-state index in [2.05, 4.69) is 0 Å². The van der Waals surface area contributed by atoms with Gasteiger partial charge in [-0.25, -0.2) is 4.39 Å². The number of hydrogen-bond acceptors (Lipinski definition) is 3. The van der Waals surface area contributed by atoms with Gasteiger partial charge in [-0.2, -0.15) is 0 Å². The SMILES string of the molecule is CCC[C@H](O)CN(Cc1ccco1)Cc1ccccc1F. The molecule has 4 heteroatoms. The van der Waals surface area contributed by atoms with Gasteiger partial charge in [0.05, 0.1) is 18.9 Å². The molecule has 1 heterocycles. The molecule has 0 bridgehead atoms. The van der Waals surface area contributed by atoms with Gasteiger partial charge in [0.2, 0.25) is 0 Å². The summed E-state index contributed by atoms with van der Waals surface area (Å²) in [4.78, 5) is 2.01. The van der Waals surface area contributed by atoms with Gasteiger partial charge in [-0.3, -0.25) is 4.90 Å². The van der Waals surface area contributed by atoms with E-state index in [0.29, 0.717) is 25.2 Å². The zero-order chi connectivity index (χ0) is 15.1. The Balaban J connectivity index is 2.05. The van der Waals surface area contributed by atoms with Crippen LogP contribution in [0.4, 0.5) is 4.39 Å². The Hall–Kier alpha value is -1.65. The van der Waals surface area contributed by atoms with Gasteiger partial charge >= 0.3 is 0 Å². The Morgan fingerprint density at radius 2 is 2.00 bits per heavy atom. The van der Waals surface area contributed by atoms with Crippen LogP contribution < -0.4 is 0 Å². The van der Waals surface area contributed by atoms with Crippen LogP contribution in [0.15, 0.2) is 47.1 Å². The highest BCUT2D eigenvalue weighted by atomic mass is 19.1. The van der Waals surface area contributed by atoms with Crippen LogP contribution in [0.3, 0.4) is 0 Å². The molecule has 1 N–H and O–H groups in total. The van der Waals surface area contributed by atoms with Crippen LogP contribution >= 0.6 is 0 Å². The summed E-state index contributed by atoms with van der Waals surface area (Å²) in [6.45, 7) is 3.55. The molecule has 21 heavy (non-hydrogen) atoms. The molecule has 2 aromatic rings. The van der Waals surface area contributed by atoms with Crippen LogP contribution in [0.1, 0.15) is 31.1 Å². The summed E-state index contributed by atoms with van der Waals surface area (Å²) in [5, 5.41) is 10.0. The predicted octanol–water partition coefficient (Wildman–Crippen LogP) is 3.58. The number of benzene rings is 1. The molecule has 3 nitrogen and oxygen atoms in total. The van der Waals surface area contributed by atoms with E-state index >= 15 is 0 Å². The summed E-state index contributed by atoms with van der Waals surface area (Å²) < 4.78 is 19.2. The number of furan rings is 1. The van der Waals surface area contributed by atoms with Crippen LogP contribution in [0, 0.1) is 5.82 Å². The van der Waals surface area contributed by atoms with Gasteiger partial charge < -0.3 is 9.52 Å². The second-order valence-corrected chi connectivity index (χ2v) is 5.28. The van der Waals surface area contributed by atoms with Gasteiger partial charge in [0, 0.05) is 18.7 Å². The molecule has 0 saturated heterocycles. The molecule has 2 rings (SSSR count). The van der Waals surface area contributed by atoms with Crippen molar-refractivity contribution >= 4 is 0 Å². The first kappa shape index (κ1) is 15.7. The number of rotatable bonds is 8. The average Bonchev–Trinajstić information content (AvgIpc) is 2.94. The molecule has 1 aromatic heterocycles. The van der Waals surface area contributed by atoms with Crippen LogP contribution in [0.5, 0.6) is 0 Å². The molecule has 114 valence electrons. The summed E-state index contributed by atoms with van der Waals surface area (Å²) in [5.41, 5.74) is 0.632. The smallest absolute Gasteiger partial charge is 0.127 e. The van der Waals surface area contributed by atoms with E-state index < -0.39 is 6.10 Å². The Labute approximate surface area is 125 Å². The topological polar surface area (TPSA) is 36.6 Å². The summed E-state index contributed by atoms with van der Waals surface area (Å²) in [6, 6.07) is 10.5. The van der Waals surface area contributed by atoms with Crippen LogP contribution in [0.2, 0.25) is 0 Å². The Bertz CT molecular complexity index is 527. The highest BCUT2D eigenvalue weighted by Gasteiger charge is 2.15. The third-order valence-electron chi connectivity index (χ3n) is 3.40. The molecule has 0 aliphatic rings. The first-order valence-electron chi connectivity index (χ1n) is 7.35. The maximum Gasteiger partial charge on any atom is 0.127 e. The fourth-order valence-electron chi connectivity index (χ4n) is 2.40. The molecular weight excluding hydrogens is 269 g/mol. The predicted molar refractivity (Wildman–Crippen MR) is 80.1 cm³/mol. The quantitative estimate of drug-likeness (QED) is 0.807. The average molecular weight is 291 g/mol. The zero-order valence-corrected chi connectivity index (χ0v) is 12.3. The van der Waals surface area contributed by atoms with E-state index in [1.54, 1.807) is 18.4 Å². The summed E-state index contributed by atoms with van der Waals surface area (Å²) in [6.07, 6.45) is 2.89. The molecule has 0 unspecified atom stereocenters. The zero-order valence-electron chi connectivity index (χ0n) is 12.3. The Kier molecular flexibility index (Phi) is 5.96. The van der Waals surface area contributed by atoms with Crippen molar-refractivity contribution in [2.45, 2.75) is 39.0 Å². The Morgan fingerprint density at radius 1 is 1.19 bits per heavy atom. The molecular formula is C17H22FNO2. The molecule has 0 spiro atoms. The monoisotopic (exact) mass is 291 g/mol. The second-order valence-electron chi connectivity index (χ2n) is 5.28. The first-order chi connectivity index (χ1) is 10.2. The molecule has 1 aromatic carbocycles. The number of aliphatic hydroxyl groups is 1. The van der Waals surface area contributed by atoms with Gasteiger partial charge in [-0.1, -0.05) is 31.5 Å². The van der Waals surface area contributed by atoms with Crippen molar-refractivity contribution in [1.82, 2.24) is 4.90 Å². The minimum Gasteiger partial charge on any atom is -0.468 e.